The first kappa shape index (κ1) is 20.5. The van der Waals surface area contributed by atoms with E-state index in [0.717, 1.165) is 17.5 Å². The van der Waals surface area contributed by atoms with Crippen LogP contribution >= 0.6 is 0 Å². The van der Waals surface area contributed by atoms with Gasteiger partial charge in [-0.3, -0.25) is 9.89 Å². The highest BCUT2D eigenvalue weighted by Crippen LogP contribution is 2.26. The van der Waals surface area contributed by atoms with E-state index in [2.05, 4.69) is 20.5 Å². The average Bonchev–Trinajstić information content (AvgIpc) is 3.25. The summed E-state index contributed by atoms with van der Waals surface area (Å²) in [7, 11) is -2.59. The summed E-state index contributed by atoms with van der Waals surface area (Å²) in [6.07, 6.45) is 3.02. The second kappa shape index (κ2) is 8.15. The molecule has 2 aromatic carbocycles. The van der Waals surface area contributed by atoms with Crippen LogP contribution < -0.4 is 10.1 Å². The maximum absolute atomic E-state index is 13.7. The van der Waals surface area contributed by atoms with Crippen LogP contribution in [0.15, 0.2) is 70.7 Å². The van der Waals surface area contributed by atoms with Crippen molar-refractivity contribution in [2.45, 2.75) is 16.3 Å². The first-order chi connectivity index (χ1) is 14.9. The molecule has 0 aliphatic rings. The van der Waals surface area contributed by atoms with Crippen molar-refractivity contribution in [2.75, 3.05) is 7.11 Å². The number of amides is 1. The summed E-state index contributed by atoms with van der Waals surface area (Å²) < 4.78 is 44.2. The maximum Gasteiger partial charge on any atom is 0.253 e. The third-order valence-corrected chi connectivity index (χ3v) is 6.38. The third kappa shape index (κ3) is 4.24. The molecule has 0 unspecified atom stereocenters. The van der Waals surface area contributed by atoms with Crippen LogP contribution in [0.3, 0.4) is 0 Å². The Balaban J connectivity index is 1.47. The Morgan fingerprint density at radius 2 is 1.87 bits per heavy atom. The van der Waals surface area contributed by atoms with Crippen molar-refractivity contribution >= 4 is 26.8 Å². The summed E-state index contributed by atoms with van der Waals surface area (Å²) in [6.45, 7) is 0.191. The molecule has 2 aromatic heterocycles. The quantitative estimate of drug-likeness (QED) is 0.477. The molecule has 0 spiro atoms. The summed E-state index contributed by atoms with van der Waals surface area (Å²) >= 11 is 0. The van der Waals surface area contributed by atoms with Crippen LogP contribution in [-0.2, 0) is 16.4 Å². The summed E-state index contributed by atoms with van der Waals surface area (Å²) in [5.74, 6) is -0.916. The standard InChI is InChI=1S/C21H17FN4O4S/c1-30-17-7-16(22)8-19(9-17)31(28,29)18-4-2-13(3-5-18)10-24-21(27)15-6-14-12-25-26-20(14)23-11-15/h2-9,11-12H,10H2,1H3,(H,24,27)(H,23,25,26). The molecule has 2 heterocycles. The zero-order valence-electron chi connectivity index (χ0n) is 16.3. The fraction of sp³-hybridized carbons (Fsp3) is 0.0952. The van der Waals surface area contributed by atoms with Crippen molar-refractivity contribution in [1.82, 2.24) is 20.5 Å². The van der Waals surface area contributed by atoms with Crippen molar-refractivity contribution in [1.29, 1.82) is 0 Å². The highest BCUT2D eigenvalue weighted by Gasteiger charge is 2.20. The van der Waals surface area contributed by atoms with Gasteiger partial charge in [0, 0.05) is 24.2 Å². The normalized spacial score (nSPS) is 11.4. The Morgan fingerprint density at radius 1 is 1.10 bits per heavy atom. The molecule has 8 nitrogen and oxygen atoms in total. The Hall–Kier alpha value is -3.79. The van der Waals surface area contributed by atoms with Gasteiger partial charge in [0.1, 0.15) is 11.6 Å². The lowest BCUT2D eigenvalue weighted by molar-refractivity contribution is 0.0950. The molecule has 31 heavy (non-hydrogen) atoms. The number of nitrogens with one attached hydrogen (secondary N) is 2. The van der Waals surface area contributed by atoms with Gasteiger partial charge < -0.3 is 10.1 Å². The summed E-state index contributed by atoms with van der Waals surface area (Å²) in [5.41, 5.74) is 1.67. The molecule has 0 fully saturated rings. The van der Waals surface area contributed by atoms with Crippen LogP contribution in [0.1, 0.15) is 15.9 Å². The van der Waals surface area contributed by atoms with E-state index in [-0.39, 0.29) is 28.0 Å². The number of halogens is 1. The van der Waals surface area contributed by atoms with Crippen LogP contribution in [0.25, 0.3) is 11.0 Å². The van der Waals surface area contributed by atoms with Gasteiger partial charge in [0.25, 0.3) is 5.91 Å². The summed E-state index contributed by atoms with van der Waals surface area (Å²) in [6, 6.07) is 11.0. The van der Waals surface area contributed by atoms with Gasteiger partial charge in [-0.05, 0) is 35.9 Å². The molecule has 10 heteroatoms. The van der Waals surface area contributed by atoms with Crippen molar-refractivity contribution in [3.63, 3.8) is 0 Å². The zero-order valence-corrected chi connectivity index (χ0v) is 17.1. The molecule has 4 rings (SSSR count). The number of hydrogen-bond acceptors (Lipinski definition) is 6. The minimum absolute atomic E-state index is 0.00448. The van der Waals surface area contributed by atoms with Crippen molar-refractivity contribution in [3.05, 3.63) is 77.9 Å². The Morgan fingerprint density at radius 3 is 2.61 bits per heavy atom. The summed E-state index contributed by atoms with van der Waals surface area (Å²) in [4.78, 5) is 16.3. The fourth-order valence-corrected chi connectivity index (χ4v) is 4.28. The molecular weight excluding hydrogens is 423 g/mol. The number of pyridine rings is 1. The first-order valence-electron chi connectivity index (χ1n) is 9.13. The number of hydrogen-bond donors (Lipinski definition) is 2. The number of methoxy groups -OCH3 is 1. The van der Waals surface area contributed by atoms with Crippen LogP contribution in [0, 0.1) is 5.82 Å². The molecule has 0 radical (unpaired) electrons. The van der Waals surface area contributed by atoms with Gasteiger partial charge in [0.15, 0.2) is 5.65 Å². The highest BCUT2D eigenvalue weighted by atomic mass is 32.2. The van der Waals surface area contributed by atoms with Crippen molar-refractivity contribution in [2.24, 2.45) is 0 Å². The topological polar surface area (TPSA) is 114 Å². The number of nitrogens with zero attached hydrogens (tertiary/aromatic N) is 2. The van der Waals surface area contributed by atoms with Gasteiger partial charge in [-0.25, -0.2) is 17.8 Å². The lowest BCUT2D eigenvalue weighted by atomic mass is 10.2. The van der Waals surface area contributed by atoms with Gasteiger partial charge >= 0.3 is 0 Å². The lowest BCUT2D eigenvalue weighted by Gasteiger charge is -2.09. The first-order valence-corrected chi connectivity index (χ1v) is 10.6. The third-order valence-electron chi connectivity index (χ3n) is 4.63. The summed E-state index contributed by atoms with van der Waals surface area (Å²) in [5, 5.41) is 10.1. The van der Waals surface area contributed by atoms with Crippen LogP contribution in [0.5, 0.6) is 5.75 Å². The second-order valence-electron chi connectivity index (χ2n) is 6.69. The number of aromatic nitrogens is 3. The molecule has 0 saturated heterocycles. The van der Waals surface area contributed by atoms with Crippen LogP contribution in [0.4, 0.5) is 4.39 Å². The van der Waals surface area contributed by atoms with Crippen LogP contribution in [0.2, 0.25) is 0 Å². The van der Waals surface area contributed by atoms with Gasteiger partial charge in [0.05, 0.1) is 28.7 Å². The monoisotopic (exact) mass is 440 g/mol. The number of sulfone groups is 1. The number of H-pyrrole nitrogens is 1. The van der Waals surface area contributed by atoms with E-state index in [1.165, 1.54) is 31.5 Å². The minimum Gasteiger partial charge on any atom is -0.497 e. The Bertz CT molecular complexity index is 1370. The maximum atomic E-state index is 13.7. The van der Waals surface area contributed by atoms with E-state index in [0.29, 0.717) is 16.8 Å². The molecule has 0 aliphatic heterocycles. The number of benzene rings is 2. The molecule has 0 saturated carbocycles. The SMILES string of the molecule is COc1cc(F)cc(S(=O)(=O)c2ccc(CNC(=O)c3cnc4[nH]ncc4c3)cc2)c1. The van der Waals surface area contributed by atoms with E-state index >= 15 is 0 Å². The lowest BCUT2D eigenvalue weighted by Crippen LogP contribution is -2.22. The number of carbonyl (C=O) groups is 1. The van der Waals surface area contributed by atoms with Gasteiger partial charge in [-0.1, -0.05) is 12.1 Å². The molecular formula is C21H17FN4O4S. The molecule has 0 aliphatic carbocycles. The zero-order chi connectivity index (χ0) is 22.0. The average molecular weight is 440 g/mol. The van der Waals surface area contributed by atoms with E-state index in [1.807, 2.05) is 0 Å². The second-order valence-corrected chi connectivity index (χ2v) is 8.64. The minimum atomic E-state index is -3.92. The van der Waals surface area contributed by atoms with E-state index in [1.54, 1.807) is 24.4 Å². The predicted molar refractivity (Wildman–Crippen MR) is 110 cm³/mol. The number of fused-ring (bicyclic) bond motifs is 1. The number of ether oxygens (including phenoxy) is 1. The largest absolute Gasteiger partial charge is 0.497 e. The highest BCUT2D eigenvalue weighted by molar-refractivity contribution is 7.91. The van der Waals surface area contributed by atoms with Crippen molar-refractivity contribution < 1.29 is 22.3 Å². The molecule has 0 atom stereocenters. The predicted octanol–water partition coefficient (Wildman–Crippen LogP) is 2.87. The molecule has 4 aromatic rings. The fourth-order valence-electron chi connectivity index (χ4n) is 2.98. The number of aromatic amines is 1. The number of rotatable bonds is 6. The molecule has 0 bridgehead atoms. The van der Waals surface area contributed by atoms with Crippen LogP contribution in [-0.4, -0.2) is 36.6 Å². The van der Waals surface area contributed by atoms with E-state index in [4.69, 9.17) is 4.74 Å². The van der Waals surface area contributed by atoms with Gasteiger partial charge in [-0.15, -0.1) is 0 Å². The molecule has 1 amide bonds. The Labute approximate surface area is 177 Å². The number of carbonyl (C=O) groups excluding carboxylic acids is 1. The van der Waals surface area contributed by atoms with E-state index < -0.39 is 15.7 Å². The molecule has 158 valence electrons. The van der Waals surface area contributed by atoms with Crippen molar-refractivity contribution in [3.8, 4) is 5.75 Å². The van der Waals surface area contributed by atoms with Gasteiger partial charge in [-0.2, -0.15) is 5.10 Å². The smallest absolute Gasteiger partial charge is 0.253 e. The van der Waals surface area contributed by atoms with E-state index in [9.17, 15) is 17.6 Å². The Kier molecular flexibility index (Phi) is 5.38. The van der Waals surface area contributed by atoms with Gasteiger partial charge in [0.2, 0.25) is 9.84 Å². The molecule has 2 N–H and O–H groups in total.